The number of hydrogen-bond donors (Lipinski definition) is 0. The van der Waals surface area contributed by atoms with Crippen molar-refractivity contribution in [3.63, 3.8) is 0 Å². The molecule has 0 fully saturated rings. The normalized spacial score (nSPS) is 13.4. The summed E-state index contributed by atoms with van der Waals surface area (Å²) in [5, 5.41) is 0. The lowest BCUT2D eigenvalue weighted by Crippen LogP contribution is -2.25. The molecule has 0 atom stereocenters. The van der Waals surface area contributed by atoms with Crippen molar-refractivity contribution in [1.29, 1.82) is 0 Å². The van der Waals surface area contributed by atoms with E-state index in [0.717, 1.165) is 28.9 Å². The summed E-state index contributed by atoms with van der Waals surface area (Å²) in [6.45, 7) is 1.93. The number of ether oxygens (including phenoxy) is 1. The number of allylic oxidation sites excluding steroid dienone is 1. The van der Waals surface area contributed by atoms with Gasteiger partial charge in [-0.1, -0.05) is 29.8 Å². The second-order valence-corrected chi connectivity index (χ2v) is 7.57. The standard InChI is InChI=1S/C18H19NO3S/c1-13-4-9-16(10-5-13)23(20,21)19(2)18-11-7-14-6-8-15(22-3)12-17(14)18/h4-6,8-12H,7H2,1-3H3. The Balaban J connectivity index is 1.99. The Hall–Kier alpha value is -2.27. The molecule has 4 nitrogen and oxygen atoms in total. The molecular formula is C18H19NO3S. The van der Waals surface area contributed by atoms with Crippen LogP contribution in [0.2, 0.25) is 0 Å². The van der Waals surface area contributed by atoms with E-state index < -0.39 is 10.0 Å². The monoisotopic (exact) mass is 329 g/mol. The summed E-state index contributed by atoms with van der Waals surface area (Å²) in [5.41, 5.74) is 3.73. The minimum Gasteiger partial charge on any atom is -0.497 e. The van der Waals surface area contributed by atoms with Gasteiger partial charge in [0.05, 0.1) is 17.7 Å². The number of nitrogens with zero attached hydrogens (tertiary/aromatic N) is 1. The summed E-state index contributed by atoms with van der Waals surface area (Å²) in [6, 6.07) is 12.7. The van der Waals surface area contributed by atoms with Gasteiger partial charge in [0.1, 0.15) is 5.75 Å². The third kappa shape index (κ3) is 2.72. The third-order valence-electron chi connectivity index (χ3n) is 4.13. The average molecular weight is 329 g/mol. The first kappa shape index (κ1) is 15.6. The van der Waals surface area contributed by atoms with Crippen molar-refractivity contribution in [3.8, 4) is 5.75 Å². The molecule has 0 amide bonds. The molecule has 0 heterocycles. The topological polar surface area (TPSA) is 46.6 Å². The molecule has 0 N–H and O–H groups in total. The Labute approximate surface area is 137 Å². The van der Waals surface area contributed by atoms with Crippen LogP contribution in [0.4, 0.5) is 0 Å². The zero-order chi connectivity index (χ0) is 16.6. The van der Waals surface area contributed by atoms with Crippen LogP contribution in [0, 0.1) is 6.92 Å². The zero-order valence-corrected chi connectivity index (χ0v) is 14.2. The second-order valence-electron chi connectivity index (χ2n) is 5.60. The van der Waals surface area contributed by atoms with Crippen molar-refractivity contribution in [2.75, 3.05) is 14.2 Å². The van der Waals surface area contributed by atoms with Crippen LogP contribution in [-0.2, 0) is 16.4 Å². The summed E-state index contributed by atoms with van der Waals surface area (Å²) < 4.78 is 32.3. The van der Waals surface area contributed by atoms with Crippen LogP contribution >= 0.6 is 0 Å². The quantitative estimate of drug-likeness (QED) is 0.865. The fourth-order valence-electron chi connectivity index (χ4n) is 2.71. The van der Waals surface area contributed by atoms with Crippen LogP contribution in [0.15, 0.2) is 53.4 Å². The molecule has 0 spiro atoms. The number of methoxy groups -OCH3 is 1. The highest BCUT2D eigenvalue weighted by Gasteiger charge is 2.27. The Morgan fingerprint density at radius 1 is 1.09 bits per heavy atom. The smallest absolute Gasteiger partial charge is 0.264 e. The number of hydrogen-bond acceptors (Lipinski definition) is 3. The Bertz CT molecular complexity index is 868. The van der Waals surface area contributed by atoms with Crippen LogP contribution in [0.3, 0.4) is 0 Å². The largest absolute Gasteiger partial charge is 0.497 e. The number of rotatable bonds is 4. The lowest BCUT2D eigenvalue weighted by atomic mass is 10.1. The Morgan fingerprint density at radius 3 is 2.43 bits per heavy atom. The van der Waals surface area contributed by atoms with Crippen molar-refractivity contribution in [2.45, 2.75) is 18.2 Å². The molecule has 0 bridgehead atoms. The van der Waals surface area contributed by atoms with E-state index in [4.69, 9.17) is 4.74 Å². The molecule has 1 aliphatic carbocycles. The van der Waals surface area contributed by atoms with Crippen LogP contribution < -0.4 is 4.74 Å². The van der Waals surface area contributed by atoms with Gasteiger partial charge in [-0.3, -0.25) is 4.31 Å². The van der Waals surface area contributed by atoms with Gasteiger partial charge in [-0.25, -0.2) is 8.42 Å². The van der Waals surface area contributed by atoms with Crippen LogP contribution in [0.25, 0.3) is 5.70 Å². The van der Waals surface area contributed by atoms with Crippen molar-refractivity contribution in [1.82, 2.24) is 4.31 Å². The van der Waals surface area contributed by atoms with Crippen LogP contribution in [-0.4, -0.2) is 26.9 Å². The lowest BCUT2D eigenvalue weighted by molar-refractivity contribution is 0.414. The molecule has 120 valence electrons. The molecule has 0 saturated carbocycles. The highest BCUT2D eigenvalue weighted by molar-refractivity contribution is 7.89. The van der Waals surface area contributed by atoms with Gasteiger partial charge >= 0.3 is 0 Å². The fourth-order valence-corrected chi connectivity index (χ4v) is 3.94. The molecule has 0 aromatic heterocycles. The first-order chi connectivity index (χ1) is 10.9. The van der Waals surface area contributed by atoms with Gasteiger partial charge in [0, 0.05) is 12.6 Å². The predicted octanol–water partition coefficient (Wildman–Crippen LogP) is 3.22. The average Bonchev–Trinajstić information content (AvgIpc) is 2.97. The Morgan fingerprint density at radius 2 is 1.78 bits per heavy atom. The molecule has 0 radical (unpaired) electrons. The molecule has 0 aliphatic heterocycles. The van der Waals surface area contributed by atoms with Crippen LogP contribution in [0.5, 0.6) is 5.75 Å². The SMILES string of the molecule is COc1ccc2c(c1)C(N(C)S(=O)(=O)c1ccc(C)cc1)=CC2. The number of benzene rings is 2. The van der Waals surface area contributed by atoms with Crippen molar-refractivity contribution in [2.24, 2.45) is 0 Å². The van der Waals surface area contributed by atoms with Crippen molar-refractivity contribution >= 4 is 15.7 Å². The van der Waals surface area contributed by atoms with E-state index in [1.54, 1.807) is 38.4 Å². The maximum Gasteiger partial charge on any atom is 0.264 e. The van der Waals surface area contributed by atoms with E-state index in [1.165, 1.54) is 4.31 Å². The molecule has 3 rings (SSSR count). The van der Waals surface area contributed by atoms with E-state index in [2.05, 4.69) is 0 Å². The maximum atomic E-state index is 12.8. The van der Waals surface area contributed by atoms with Gasteiger partial charge in [-0.05, 0) is 43.2 Å². The van der Waals surface area contributed by atoms with Crippen molar-refractivity contribution in [3.05, 3.63) is 65.2 Å². The predicted molar refractivity (Wildman–Crippen MR) is 90.8 cm³/mol. The van der Waals surface area contributed by atoms with Gasteiger partial charge in [0.15, 0.2) is 0 Å². The first-order valence-corrected chi connectivity index (χ1v) is 8.80. The summed E-state index contributed by atoms with van der Waals surface area (Å²) in [6.07, 6.45) is 2.66. The molecule has 23 heavy (non-hydrogen) atoms. The van der Waals surface area contributed by atoms with E-state index in [9.17, 15) is 8.42 Å². The summed E-state index contributed by atoms with van der Waals surface area (Å²) in [7, 11) is -0.380. The highest BCUT2D eigenvalue weighted by Crippen LogP contribution is 2.34. The summed E-state index contributed by atoms with van der Waals surface area (Å²) >= 11 is 0. The molecule has 2 aromatic rings. The molecule has 5 heteroatoms. The maximum absolute atomic E-state index is 12.8. The molecule has 0 unspecified atom stereocenters. The van der Waals surface area contributed by atoms with Gasteiger partial charge in [0.2, 0.25) is 0 Å². The minimum atomic E-state index is -3.58. The van der Waals surface area contributed by atoms with Gasteiger partial charge in [0.25, 0.3) is 10.0 Å². The summed E-state index contributed by atoms with van der Waals surface area (Å²) in [5.74, 6) is 0.720. The van der Waals surface area contributed by atoms with E-state index in [0.29, 0.717) is 10.6 Å². The van der Waals surface area contributed by atoms with E-state index in [1.807, 2.05) is 31.2 Å². The molecule has 1 aliphatic rings. The third-order valence-corrected chi connectivity index (χ3v) is 5.91. The van der Waals surface area contributed by atoms with Gasteiger partial charge < -0.3 is 4.74 Å². The minimum absolute atomic E-state index is 0.294. The van der Waals surface area contributed by atoms with Crippen LogP contribution in [0.1, 0.15) is 16.7 Å². The molecule has 0 saturated heterocycles. The van der Waals surface area contributed by atoms with Gasteiger partial charge in [-0.2, -0.15) is 0 Å². The number of aryl methyl sites for hydroxylation is 1. The lowest BCUT2D eigenvalue weighted by Gasteiger charge is -2.22. The Kier molecular flexibility index (Phi) is 3.90. The molecule has 2 aromatic carbocycles. The summed E-state index contributed by atoms with van der Waals surface area (Å²) in [4.78, 5) is 0.294. The van der Waals surface area contributed by atoms with Gasteiger partial charge in [-0.15, -0.1) is 0 Å². The molecular weight excluding hydrogens is 310 g/mol. The second kappa shape index (κ2) is 5.74. The van der Waals surface area contributed by atoms with E-state index >= 15 is 0 Å². The first-order valence-electron chi connectivity index (χ1n) is 7.36. The zero-order valence-electron chi connectivity index (χ0n) is 13.4. The fraction of sp³-hybridized carbons (Fsp3) is 0.222. The van der Waals surface area contributed by atoms with E-state index in [-0.39, 0.29) is 0 Å². The number of fused-ring (bicyclic) bond motifs is 1. The van der Waals surface area contributed by atoms with Crippen molar-refractivity contribution < 1.29 is 13.2 Å². The number of sulfonamides is 1. The highest BCUT2D eigenvalue weighted by atomic mass is 32.2.